The monoisotopic (exact) mass is 418 g/mol. The van der Waals surface area contributed by atoms with Crippen molar-refractivity contribution in [1.82, 2.24) is 0 Å². The number of carboxylic acids is 1. The largest absolute Gasteiger partial charge is 0.481 e. The van der Waals surface area contributed by atoms with Crippen molar-refractivity contribution in [1.29, 1.82) is 0 Å². The molecular weight excluding hydrogens is 376 g/mol. The van der Waals surface area contributed by atoms with Gasteiger partial charge in [0.1, 0.15) is 0 Å². The number of hydrogen-bond acceptors (Lipinski definition) is 3. The highest BCUT2D eigenvalue weighted by molar-refractivity contribution is 5.71. The van der Waals surface area contributed by atoms with Crippen LogP contribution in [0.3, 0.4) is 0 Å². The second-order valence-electron chi connectivity index (χ2n) is 8.52. The molecule has 1 aromatic carbocycles. The molecule has 4 heteroatoms. The van der Waals surface area contributed by atoms with E-state index in [0.29, 0.717) is 0 Å². The lowest BCUT2D eigenvalue weighted by molar-refractivity contribution is -0.148. The van der Waals surface area contributed by atoms with Gasteiger partial charge < -0.3 is 15.3 Å². The molecule has 0 aliphatic carbocycles. The summed E-state index contributed by atoms with van der Waals surface area (Å²) >= 11 is 0. The quantitative estimate of drug-likeness (QED) is 0.222. The summed E-state index contributed by atoms with van der Waals surface area (Å²) in [7, 11) is 0. The number of hydrogen-bond donors (Lipinski definition) is 3. The van der Waals surface area contributed by atoms with Crippen LogP contribution in [0.5, 0.6) is 0 Å². The van der Waals surface area contributed by atoms with Gasteiger partial charge in [-0.2, -0.15) is 0 Å². The minimum Gasteiger partial charge on any atom is -0.481 e. The highest BCUT2D eigenvalue weighted by Crippen LogP contribution is 2.28. The Morgan fingerprint density at radius 1 is 0.967 bits per heavy atom. The zero-order valence-electron chi connectivity index (χ0n) is 18.9. The van der Waals surface area contributed by atoms with Crippen LogP contribution in [-0.2, 0) is 11.2 Å². The zero-order chi connectivity index (χ0) is 22.2. The Hall–Kier alpha value is -1.65. The third-order valence-electron chi connectivity index (χ3n) is 5.87. The number of carboxylic acid groups (broad SMARTS) is 1. The van der Waals surface area contributed by atoms with Crippen LogP contribution in [-0.4, -0.2) is 33.5 Å². The van der Waals surface area contributed by atoms with Gasteiger partial charge >= 0.3 is 5.97 Å². The maximum Gasteiger partial charge on any atom is 0.309 e. The van der Waals surface area contributed by atoms with Crippen LogP contribution in [0, 0.1) is 11.8 Å². The van der Waals surface area contributed by atoms with Gasteiger partial charge in [-0.3, -0.25) is 4.79 Å². The molecule has 0 aliphatic heterocycles. The molecule has 0 fully saturated rings. The zero-order valence-corrected chi connectivity index (χ0v) is 18.9. The summed E-state index contributed by atoms with van der Waals surface area (Å²) in [5.41, 5.74) is 1.21. The Kier molecular flexibility index (Phi) is 14.2. The van der Waals surface area contributed by atoms with Gasteiger partial charge in [-0.1, -0.05) is 81.5 Å². The molecule has 0 radical (unpaired) electrons. The summed E-state index contributed by atoms with van der Waals surface area (Å²) in [4.78, 5) is 11.7. The number of aliphatic carboxylic acids is 1. The molecule has 170 valence electrons. The van der Waals surface area contributed by atoms with E-state index in [9.17, 15) is 20.1 Å². The van der Waals surface area contributed by atoms with Crippen LogP contribution in [0.4, 0.5) is 0 Å². The van der Waals surface area contributed by atoms with Crippen LogP contribution in [0.1, 0.15) is 83.6 Å². The molecule has 4 atom stereocenters. The lowest BCUT2D eigenvalue weighted by atomic mass is 9.80. The van der Waals surface area contributed by atoms with E-state index in [1.165, 1.54) is 18.4 Å². The SMILES string of the molecule is CCCCC[C@@H](O)/C=C\CCCCC[C@H](CCc1ccccc1)[C@H](C(=O)O)[C@H](C)O. The van der Waals surface area contributed by atoms with Gasteiger partial charge in [-0.15, -0.1) is 0 Å². The fraction of sp³-hybridized carbons (Fsp3) is 0.654. The molecule has 4 nitrogen and oxygen atoms in total. The van der Waals surface area contributed by atoms with E-state index < -0.39 is 18.0 Å². The Balaban J connectivity index is 2.41. The maximum atomic E-state index is 11.7. The van der Waals surface area contributed by atoms with Gasteiger partial charge in [-0.05, 0) is 56.9 Å². The number of benzene rings is 1. The molecule has 1 aromatic rings. The Bertz CT molecular complexity index is 582. The van der Waals surface area contributed by atoms with Crippen LogP contribution in [0.15, 0.2) is 42.5 Å². The molecule has 0 unspecified atom stereocenters. The summed E-state index contributed by atoms with van der Waals surface area (Å²) < 4.78 is 0. The van der Waals surface area contributed by atoms with Crippen LogP contribution in [0.2, 0.25) is 0 Å². The highest BCUT2D eigenvalue weighted by atomic mass is 16.4. The van der Waals surface area contributed by atoms with Crippen molar-refractivity contribution in [2.24, 2.45) is 11.8 Å². The number of aliphatic hydroxyl groups is 2. The van der Waals surface area contributed by atoms with Crippen molar-refractivity contribution in [3.8, 4) is 0 Å². The molecule has 0 saturated carbocycles. The van der Waals surface area contributed by atoms with Crippen LogP contribution in [0.25, 0.3) is 0 Å². The van der Waals surface area contributed by atoms with Gasteiger partial charge in [0.05, 0.1) is 18.1 Å². The lowest BCUT2D eigenvalue weighted by Crippen LogP contribution is -2.33. The summed E-state index contributed by atoms with van der Waals surface area (Å²) in [6.07, 6.45) is 13.4. The topological polar surface area (TPSA) is 77.8 Å². The van der Waals surface area contributed by atoms with E-state index in [1.54, 1.807) is 6.92 Å². The van der Waals surface area contributed by atoms with Crippen LogP contribution < -0.4 is 0 Å². The van der Waals surface area contributed by atoms with Crippen molar-refractivity contribution in [2.45, 2.75) is 96.7 Å². The van der Waals surface area contributed by atoms with Gasteiger partial charge in [0.15, 0.2) is 0 Å². The van der Waals surface area contributed by atoms with E-state index in [1.807, 2.05) is 24.3 Å². The summed E-state index contributed by atoms with van der Waals surface area (Å²) in [5, 5.41) is 29.6. The molecule has 1 rings (SSSR count). The van der Waals surface area contributed by atoms with E-state index in [0.717, 1.165) is 57.8 Å². The first-order valence-corrected chi connectivity index (χ1v) is 11.7. The van der Waals surface area contributed by atoms with Crippen molar-refractivity contribution < 1.29 is 20.1 Å². The van der Waals surface area contributed by atoms with Gasteiger partial charge in [0.25, 0.3) is 0 Å². The van der Waals surface area contributed by atoms with Crippen molar-refractivity contribution in [3.63, 3.8) is 0 Å². The first-order valence-electron chi connectivity index (χ1n) is 11.7. The molecule has 0 aromatic heterocycles. The Labute approximate surface area is 183 Å². The molecular formula is C26H42O4. The third kappa shape index (κ3) is 11.5. The predicted molar refractivity (Wildman–Crippen MR) is 123 cm³/mol. The summed E-state index contributed by atoms with van der Waals surface area (Å²) in [6.45, 7) is 3.75. The summed E-state index contributed by atoms with van der Waals surface area (Å²) in [5.74, 6) is -1.64. The minimum atomic E-state index is -0.900. The fourth-order valence-electron chi connectivity index (χ4n) is 4.10. The van der Waals surface area contributed by atoms with Crippen molar-refractivity contribution >= 4 is 5.97 Å². The predicted octanol–water partition coefficient (Wildman–Crippen LogP) is 5.76. The maximum absolute atomic E-state index is 11.7. The summed E-state index contributed by atoms with van der Waals surface area (Å²) in [6, 6.07) is 10.1. The lowest BCUT2D eigenvalue weighted by Gasteiger charge is -2.26. The molecule has 0 heterocycles. The molecule has 0 aliphatic rings. The number of aliphatic hydroxyl groups excluding tert-OH is 2. The minimum absolute atomic E-state index is 0.0290. The van der Waals surface area contributed by atoms with Gasteiger partial charge in [-0.25, -0.2) is 0 Å². The normalized spacial score (nSPS) is 15.7. The van der Waals surface area contributed by atoms with E-state index in [-0.39, 0.29) is 12.0 Å². The van der Waals surface area contributed by atoms with Crippen molar-refractivity contribution in [3.05, 3.63) is 48.0 Å². The number of rotatable bonds is 17. The van der Waals surface area contributed by atoms with Crippen molar-refractivity contribution in [2.75, 3.05) is 0 Å². The molecule has 0 bridgehead atoms. The molecule has 0 amide bonds. The van der Waals surface area contributed by atoms with E-state index >= 15 is 0 Å². The highest BCUT2D eigenvalue weighted by Gasteiger charge is 2.31. The number of carbonyl (C=O) groups is 1. The second kappa shape index (κ2) is 16.1. The van der Waals surface area contributed by atoms with Crippen LogP contribution >= 0.6 is 0 Å². The molecule has 3 N–H and O–H groups in total. The average Bonchev–Trinajstić information content (AvgIpc) is 2.71. The average molecular weight is 419 g/mol. The second-order valence-corrected chi connectivity index (χ2v) is 8.52. The van der Waals surface area contributed by atoms with E-state index in [4.69, 9.17) is 0 Å². The Morgan fingerprint density at radius 2 is 1.67 bits per heavy atom. The Morgan fingerprint density at radius 3 is 2.30 bits per heavy atom. The molecule has 0 spiro atoms. The first-order chi connectivity index (χ1) is 14.5. The van der Waals surface area contributed by atoms with Gasteiger partial charge in [0.2, 0.25) is 0 Å². The number of allylic oxidation sites excluding steroid dienone is 1. The number of aryl methyl sites for hydroxylation is 1. The number of unbranched alkanes of at least 4 members (excludes halogenated alkanes) is 5. The fourth-order valence-corrected chi connectivity index (χ4v) is 4.10. The van der Waals surface area contributed by atoms with E-state index in [2.05, 4.69) is 25.1 Å². The standard InChI is InChI=1S/C26H42O4/c1-3-4-9-17-24(28)18-13-7-5-6-12-16-23(25(21(2)27)26(29)30)20-19-22-14-10-8-11-15-22/h8,10-11,13-15,18,21,23-25,27-28H,3-7,9,12,16-17,19-20H2,1-2H3,(H,29,30)/b18-13-/t21-,23+,24+,25+/m0/s1. The molecule has 0 saturated heterocycles. The first kappa shape index (κ1) is 26.4. The molecule has 30 heavy (non-hydrogen) atoms. The third-order valence-corrected chi connectivity index (χ3v) is 5.87. The smallest absolute Gasteiger partial charge is 0.309 e. The van der Waals surface area contributed by atoms with Gasteiger partial charge in [0, 0.05) is 0 Å².